The van der Waals surface area contributed by atoms with Crippen LogP contribution in [0, 0.1) is 0 Å². The lowest BCUT2D eigenvalue weighted by atomic mass is 9.94. The fraction of sp³-hybridized carbons (Fsp3) is 0.875. The number of nitrogens with zero attached hydrogens (tertiary/aromatic N) is 3. The SMILES string of the molecule is CCCCCCC(CCCCC)c1nc(C(F)(F)F)nn1C. The Bertz CT molecular complexity index is 427. The van der Waals surface area contributed by atoms with Crippen molar-refractivity contribution in [1.82, 2.24) is 14.8 Å². The van der Waals surface area contributed by atoms with Gasteiger partial charge in [-0.1, -0.05) is 58.8 Å². The number of aromatic nitrogens is 3. The van der Waals surface area contributed by atoms with Crippen molar-refractivity contribution >= 4 is 0 Å². The summed E-state index contributed by atoms with van der Waals surface area (Å²) >= 11 is 0. The molecule has 0 N–H and O–H groups in total. The van der Waals surface area contributed by atoms with Gasteiger partial charge in [-0.15, -0.1) is 5.10 Å². The first-order valence-electron chi connectivity index (χ1n) is 8.38. The average molecular weight is 319 g/mol. The summed E-state index contributed by atoms with van der Waals surface area (Å²) in [5, 5.41) is 3.56. The Kier molecular flexibility index (Phi) is 7.90. The molecule has 0 saturated heterocycles. The summed E-state index contributed by atoms with van der Waals surface area (Å²) in [6.45, 7) is 4.28. The predicted molar refractivity (Wildman–Crippen MR) is 81.6 cm³/mol. The molecule has 1 unspecified atom stereocenters. The van der Waals surface area contributed by atoms with Crippen LogP contribution in [-0.2, 0) is 13.2 Å². The van der Waals surface area contributed by atoms with Crippen molar-refractivity contribution in [2.45, 2.75) is 83.7 Å². The van der Waals surface area contributed by atoms with Gasteiger partial charge in [0.15, 0.2) is 0 Å². The Balaban J connectivity index is 2.78. The second-order valence-electron chi connectivity index (χ2n) is 5.96. The summed E-state index contributed by atoms with van der Waals surface area (Å²) in [4.78, 5) is 3.79. The minimum absolute atomic E-state index is 0.0806. The van der Waals surface area contributed by atoms with Crippen LogP contribution in [-0.4, -0.2) is 14.8 Å². The van der Waals surface area contributed by atoms with Crippen LogP contribution in [0.15, 0.2) is 0 Å². The van der Waals surface area contributed by atoms with Gasteiger partial charge in [-0.3, -0.25) is 4.68 Å². The second-order valence-corrected chi connectivity index (χ2v) is 5.96. The van der Waals surface area contributed by atoms with Crippen LogP contribution in [0.25, 0.3) is 0 Å². The molecule has 6 heteroatoms. The monoisotopic (exact) mass is 319 g/mol. The lowest BCUT2D eigenvalue weighted by Gasteiger charge is -2.15. The first kappa shape index (κ1) is 19.0. The van der Waals surface area contributed by atoms with Crippen molar-refractivity contribution in [3.05, 3.63) is 11.6 Å². The van der Waals surface area contributed by atoms with E-state index in [4.69, 9.17) is 0 Å². The maximum Gasteiger partial charge on any atom is 0.453 e. The quantitative estimate of drug-likeness (QED) is 0.535. The Morgan fingerprint density at radius 3 is 2.00 bits per heavy atom. The topological polar surface area (TPSA) is 30.7 Å². The summed E-state index contributed by atoms with van der Waals surface area (Å²) in [7, 11) is 1.57. The molecule has 1 atom stereocenters. The van der Waals surface area contributed by atoms with Crippen molar-refractivity contribution < 1.29 is 13.2 Å². The number of alkyl halides is 3. The zero-order valence-electron chi connectivity index (χ0n) is 13.9. The normalized spacial score (nSPS) is 13.5. The third-order valence-electron chi connectivity index (χ3n) is 3.98. The zero-order valence-corrected chi connectivity index (χ0v) is 13.9. The van der Waals surface area contributed by atoms with E-state index >= 15 is 0 Å². The van der Waals surface area contributed by atoms with Crippen molar-refractivity contribution in [1.29, 1.82) is 0 Å². The summed E-state index contributed by atoms with van der Waals surface area (Å²) in [5.74, 6) is -0.448. The Hall–Kier alpha value is -1.07. The van der Waals surface area contributed by atoms with Crippen molar-refractivity contribution in [2.24, 2.45) is 7.05 Å². The molecule has 0 aliphatic rings. The van der Waals surface area contributed by atoms with Crippen LogP contribution in [0.5, 0.6) is 0 Å². The highest BCUT2D eigenvalue weighted by Crippen LogP contribution is 2.31. The van der Waals surface area contributed by atoms with Gasteiger partial charge in [0.25, 0.3) is 5.82 Å². The van der Waals surface area contributed by atoms with Crippen LogP contribution in [0.1, 0.15) is 89.2 Å². The molecule has 128 valence electrons. The minimum Gasteiger partial charge on any atom is -0.252 e. The highest BCUT2D eigenvalue weighted by Gasteiger charge is 2.37. The van der Waals surface area contributed by atoms with Gasteiger partial charge in [0.2, 0.25) is 0 Å². The van der Waals surface area contributed by atoms with E-state index in [0.29, 0.717) is 5.82 Å². The van der Waals surface area contributed by atoms with Gasteiger partial charge in [0, 0.05) is 13.0 Å². The molecule has 0 spiro atoms. The van der Waals surface area contributed by atoms with Gasteiger partial charge in [-0.25, -0.2) is 4.98 Å². The lowest BCUT2D eigenvalue weighted by Crippen LogP contribution is -2.08. The number of unbranched alkanes of at least 4 members (excludes halogenated alkanes) is 5. The molecule has 0 fully saturated rings. The van der Waals surface area contributed by atoms with E-state index in [-0.39, 0.29) is 5.92 Å². The molecule has 3 nitrogen and oxygen atoms in total. The summed E-state index contributed by atoms with van der Waals surface area (Å²) in [6, 6.07) is 0. The van der Waals surface area contributed by atoms with Crippen LogP contribution in [0.3, 0.4) is 0 Å². The Morgan fingerprint density at radius 2 is 1.50 bits per heavy atom. The smallest absolute Gasteiger partial charge is 0.252 e. The highest BCUT2D eigenvalue weighted by atomic mass is 19.4. The second kappa shape index (κ2) is 9.16. The third-order valence-corrected chi connectivity index (χ3v) is 3.98. The number of aryl methyl sites for hydroxylation is 1. The summed E-state index contributed by atoms with van der Waals surface area (Å²) in [5.41, 5.74) is 0. The summed E-state index contributed by atoms with van der Waals surface area (Å²) < 4.78 is 39.6. The van der Waals surface area contributed by atoms with Crippen LogP contribution in [0.4, 0.5) is 13.2 Å². The Labute approximate surface area is 131 Å². The third kappa shape index (κ3) is 5.97. The van der Waals surface area contributed by atoms with Gasteiger partial charge in [-0.2, -0.15) is 13.2 Å². The lowest BCUT2D eigenvalue weighted by molar-refractivity contribution is -0.145. The molecule has 22 heavy (non-hydrogen) atoms. The van der Waals surface area contributed by atoms with Crippen molar-refractivity contribution in [2.75, 3.05) is 0 Å². The molecule has 0 aliphatic heterocycles. The van der Waals surface area contributed by atoms with E-state index in [1.165, 1.54) is 11.1 Å². The molecular formula is C16H28F3N3. The van der Waals surface area contributed by atoms with Gasteiger partial charge < -0.3 is 0 Å². The molecule has 1 aromatic rings. The predicted octanol–water partition coefficient (Wildman–Crippen LogP) is 5.47. The molecule has 0 radical (unpaired) electrons. The average Bonchev–Trinajstić information content (AvgIpc) is 2.84. The van der Waals surface area contributed by atoms with E-state index in [2.05, 4.69) is 23.9 Å². The number of hydrogen-bond acceptors (Lipinski definition) is 2. The van der Waals surface area contributed by atoms with E-state index in [1.54, 1.807) is 7.05 Å². The minimum atomic E-state index is -4.47. The molecule has 1 heterocycles. The van der Waals surface area contributed by atoms with Gasteiger partial charge in [0.1, 0.15) is 5.82 Å². The molecule has 0 amide bonds. The van der Waals surface area contributed by atoms with E-state index in [1.807, 2.05) is 0 Å². The van der Waals surface area contributed by atoms with E-state index < -0.39 is 12.0 Å². The number of rotatable bonds is 10. The first-order chi connectivity index (χ1) is 10.4. The first-order valence-corrected chi connectivity index (χ1v) is 8.38. The van der Waals surface area contributed by atoms with Crippen molar-refractivity contribution in [3.8, 4) is 0 Å². The zero-order chi connectivity index (χ0) is 16.6. The van der Waals surface area contributed by atoms with Gasteiger partial charge in [-0.05, 0) is 12.8 Å². The standard InChI is InChI=1S/C16H28F3N3/c1-4-6-8-10-12-13(11-9-7-5-2)14-20-15(16(17,18)19)21-22(14)3/h13H,4-12H2,1-3H3. The van der Waals surface area contributed by atoms with E-state index in [0.717, 1.165) is 51.4 Å². The van der Waals surface area contributed by atoms with E-state index in [9.17, 15) is 13.2 Å². The van der Waals surface area contributed by atoms with Crippen molar-refractivity contribution in [3.63, 3.8) is 0 Å². The largest absolute Gasteiger partial charge is 0.453 e. The molecular weight excluding hydrogens is 291 g/mol. The molecule has 1 rings (SSSR count). The molecule has 1 aromatic heterocycles. The fourth-order valence-electron chi connectivity index (χ4n) is 2.73. The van der Waals surface area contributed by atoms with Crippen LogP contribution in [0.2, 0.25) is 0 Å². The van der Waals surface area contributed by atoms with Gasteiger partial charge in [0.05, 0.1) is 0 Å². The Morgan fingerprint density at radius 1 is 0.955 bits per heavy atom. The molecule has 0 saturated carbocycles. The maximum absolute atomic E-state index is 12.8. The highest BCUT2D eigenvalue weighted by molar-refractivity contribution is 5.02. The van der Waals surface area contributed by atoms with Crippen LogP contribution >= 0.6 is 0 Å². The number of hydrogen-bond donors (Lipinski definition) is 0. The number of halogens is 3. The molecule has 0 bridgehead atoms. The maximum atomic E-state index is 12.8. The van der Waals surface area contributed by atoms with Gasteiger partial charge >= 0.3 is 6.18 Å². The van der Waals surface area contributed by atoms with Crippen LogP contribution < -0.4 is 0 Å². The molecule has 0 aliphatic carbocycles. The summed E-state index contributed by atoms with van der Waals surface area (Å²) in [6.07, 6.45) is 5.07. The fourth-order valence-corrected chi connectivity index (χ4v) is 2.73. The molecule has 0 aromatic carbocycles.